The van der Waals surface area contributed by atoms with Crippen LogP contribution >= 0.6 is 0 Å². The van der Waals surface area contributed by atoms with E-state index in [4.69, 9.17) is 0 Å². The summed E-state index contributed by atoms with van der Waals surface area (Å²) in [6.45, 7) is 2.36. The first-order valence-corrected chi connectivity index (χ1v) is 8.13. The van der Waals surface area contributed by atoms with E-state index in [9.17, 15) is 10.2 Å². The fourth-order valence-corrected chi connectivity index (χ4v) is 2.63. The molecule has 0 aliphatic heterocycles. The van der Waals surface area contributed by atoms with E-state index in [2.05, 4.69) is 19.1 Å². The summed E-state index contributed by atoms with van der Waals surface area (Å²) in [7, 11) is 0. The number of aliphatic hydroxyl groups excluding tert-OH is 2. The second kappa shape index (κ2) is 10.9. The lowest BCUT2D eigenvalue weighted by Gasteiger charge is -2.07. The molecule has 0 saturated heterocycles. The summed E-state index contributed by atoms with van der Waals surface area (Å²) >= 11 is 0. The van der Waals surface area contributed by atoms with Crippen molar-refractivity contribution >= 4 is 0 Å². The predicted molar refractivity (Wildman–Crippen MR) is 84.6 cm³/mol. The molecule has 0 bridgehead atoms. The zero-order valence-corrected chi connectivity index (χ0v) is 12.9. The number of aryl methyl sites for hydroxylation is 1. The lowest BCUT2D eigenvalue weighted by atomic mass is 10.0. The average Bonchev–Trinajstić information content (AvgIpc) is 2.49. The third-order valence-electron chi connectivity index (χ3n) is 3.80. The van der Waals surface area contributed by atoms with Crippen molar-refractivity contribution in [1.29, 1.82) is 0 Å². The molecule has 0 aliphatic carbocycles. The van der Waals surface area contributed by atoms with E-state index in [0.29, 0.717) is 0 Å². The summed E-state index contributed by atoms with van der Waals surface area (Å²) in [6, 6.07) is 5.98. The van der Waals surface area contributed by atoms with Crippen LogP contribution in [0.4, 0.5) is 0 Å². The Labute approximate surface area is 123 Å². The summed E-state index contributed by atoms with van der Waals surface area (Å²) < 4.78 is 0. The number of aliphatic hydroxyl groups is 2. The molecule has 0 unspecified atom stereocenters. The molecule has 0 fully saturated rings. The van der Waals surface area contributed by atoms with Gasteiger partial charge >= 0.3 is 0 Å². The van der Waals surface area contributed by atoms with Gasteiger partial charge in [0, 0.05) is 0 Å². The predicted octanol–water partition coefficient (Wildman–Crippen LogP) is 4.35. The van der Waals surface area contributed by atoms with Crippen LogP contribution in [-0.2, 0) is 19.6 Å². The standard InChI is InChI=1S/C18H30O2/c1-2-3-4-5-6-7-8-9-10-16-11-17(14-19)13-18(12-16)15-20/h11-13,19-20H,2-10,14-15H2,1H3. The maximum Gasteiger partial charge on any atom is 0.0682 e. The molecule has 0 heterocycles. The smallest absolute Gasteiger partial charge is 0.0682 e. The normalized spacial score (nSPS) is 10.9. The van der Waals surface area contributed by atoms with Crippen molar-refractivity contribution < 1.29 is 10.2 Å². The van der Waals surface area contributed by atoms with Gasteiger partial charge in [-0.05, 0) is 29.5 Å². The van der Waals surface area contributed by atoms with Crippen LogP contribution in [0.3, 0.4) is 0 Å². The van der Waals surface area contributed by atoms with Crippen LogP contribution in [0.15, 0.2) is 18.2 Å². The van der Waals surface area contributed by atoms with Gasteiger partial charge in [0.15, 0.2) is 0 Å². The number of hydrogen-bond donors (Lipinski definition) is 2. The third-order valence-corrected chi connectivity index (χ3v) is 3.80. The quantitative estimate of drug-likeness (QED) is 0.591. The fraction of sp³-hybridized carbons (Fsp3) is 0.667. The molecule has 1 rings (SSSR count). The molecule has 0 amide bonds. The molecule has 0 aliphatic rings. The van der Waals surface area contributed by atoms with Crippen molar-refractivity contribution in [3.8, 4) is 0 Å². The molecular formula is C18H30O2. The average molecular weight is 278 g/mol. The monoisotopic (exact) mass is 278 g/mol. The minimum Gasteiger partial charge on any atom is -0.392 e. The Bertz CT molecular complexity index is 338. The second-order valence-corrected chi connectivity index (χ2v) is 5.70. The highest BCUT2D eigenvalue weighted by Gasteiger charge is 2.01. The molecule has 20 heavy (non-hydrogen) atoms. The van der Waals surface area contributed by atoms with Crippen LogP contribution in [-0.4, -0.2) is 10.2 Å². The molecule has 0 saturated carbocycles. The highest BCUT2D eigenvalue weighted by Crippen LogP contribution is 2.15. The Morgan fingerprint density at radius 3 is 1.60 bits per heavy atom. The van der Waals surface area contributed by atoms with Gasteiger partial charge in [-0.25, -0.2) is 0 Å². The SMILES string of the molecule is CCCCCCCCCCc1cc(CO)cc(CO)c1. The van der Waals surface area contributed by atoms with Crippen LogP contribution in [0.1, 0.15) is 75.0 Å². The Morgan fingerprint density at radius 1 is 0.650 bits per heavy atom. The highest BCUT2D eigenvalue weighted by atomic mass is 16.3. The van der Waals surface area contributed by atoms with E-state index in [-0.39, 0.29) is 13.2 Å². The molecule has 2 nitrogen and oxygen atoms in total. The summed E-state index contributed by atoms with van der Waals surface area (Å²) in [5.74, 6) is 0. The molecule has 1 aromatic carbocycles. The van der Waals surface area contributed by atoms with Crippen molar-refractivity contribution in [1.82, 2.24) is 0 Å². The fourth-order valence-electron chi connectivity index (χ4n) is 2.63. The van der Waals surface area contributed by atoms with Gasteiger partial charge in [0.05, 0.1) is 13.2 Å². The molecule has 2 heteroatoms. The van der Waals surface area contributed by atoms with Crippen LogP contribution in [0.2, 0.25) is 0 Å². The Balaban J connectivity index is 2.21. The third kappa shape index (κ3) is 7.06. The van der Waals surface area contributed by atoms with Gasteiger partial charge in [-0.2, -0.15) is 0 Å². The largest absolute Gasteiger partial charge is 0.392 e. The summed E-state index contributed by atoms with van der Waals surface area (Å²) in [4.78, 5) is 0. The first kappa shape index (κ1) is 17.2. The molecule has 0 spiro atoms. The molecule has 2 N–H and O–H groups in total. The van der Waals surface area contributed by atoms with Crippen LogP contribution < -0.4 is 0 Å². The number of rotatable bonds is 11. The number of unbranched alkanes of at least 4 members (excludes halogenated alkanes) is 7. The van der Waals surface area contributed by atoms with Crippen LogP contribution in [0.25, 0.3) is 0 Å². The van der Waals surface area contributed by atoms with Gasteiger partial charge in [0.2, 0.25) is 0 Å². The Kier molecular flexibility index (Phi) is 9.35. The van der Waals surface area contributed by atoms with Gasteiger partial charge in [-0.1, -0.05) is 70.1 Å². The minimum atomic E-state index is 0.0538. The van der Waals surface area contributed by atoms with E-state index in [1.54, 1.807) is 0 Å². The van der Waals surface area contributed by atoms with E-state index >= 15 is 0 Å². The Hall–Kier alpha value is -0.860. The van der Waals surface area contributed by atoms with Gasteiger partial charge in [-0.3, -0.25) is 0 Å². The molecule has 0 aromatic heterocycles. The molecule has 1 aromatic rings. The van der Waals surface area contributed by atoms with E-state index in [1.165, 1.54) is 56.9 Å². The van der Waals surface area contributed by atoms with Gasteiger partial charge in [0.25, 0.3) is 0 Å². The van der Waals surface area contributed by atoms with Crippen molar-refractivity contribution in [2.75, 3.05) is 0 Å². The number of hydrogen-bond acceptors (Lipinski definition) is 2. The molecule has 0 atom stereocenters. The van der Waals surface area contributed by atoms with Crippen molar-refractivity contribution in [3.05, 3.63) is 34.9 Å². The lowest BCUT2D eigenvalue weighted by molar-refractivity contribution is 0.275. The second-order valence-electron chi connectivity index (χ2n) is 5.70. The topological polar surface area (TPSA) is 40.5 Å². The summed E-state index contributed by atoms with van der Waals surface area (Å²) in [5, 5.41) is 18.4. The van der Waals surface area contributed by atoms with Gasteiger partial charge in [0.1, 0.15) is 0 Å². The van der Waals surface area contributed by atoms with Crippen molar-refractivity contribution in [3.63, 3.8) is 0 Å². The number of benzene rings is 1. The summed E-state index contributed by atoms with van der Waals surface area (Å²) in [6.07, 6.45) is 11.7. The van der Waals surface area contributed by atoms with Gasteiger partial charge in [-0.15, -0.1) is 0 Å². The maximum absolute atomic E-state index is 9.21. The van der Waals surface area contributed by atoms with Crippen molar-refractivity contribution in [2.24, 2.45) is 0 Å². The molecule has 114 valence electrons. The maximum atomic E-state index is 9.21. The van der Waals surface area contributed by atoms with E-state index in [1.807, 2.05) is 6.07 Å². The zero-order valence-electron chi connectivity index (χ0n) is 12.9. The molecular weight excluding hydrogens is 248 g/mol. The van der Waals surface area contributed by atoms with E-state index in [0.717, 1.165) is 17.5 Å². The van der Waals surface area contributed by atoms with E-state index < -0.39 is 0 Å². The van der Waals surface area contributed by atoms with Gasteiger partial charge < -0.3 is 10.2 Å². The first-order chi connectivity index (χ1) is 9.80. The zero-order chi connectivity index (χ0) is 14.6. The minimum absolute atomic E-state index is 0.0538. The molecule has 0 radical (unpaired) electrons. The highest BCUT2D eigenvalue weighted by molar-refractivity contribution is 5.29. The van der Waals surface area contributed by atoms with Crippen LogP contribution in [0, 0.1) is 0 Å². The van der Waals surface area contributed by atoms with Crippen LogP contribution in [0.5, 0.6) is 0 Å². The summed E-state index contributed by atoms with van der Waals surface area (Å²) in [5.41, 5.74) is 3.06. The first-order valence-electron chi connectivity index (χ1n) is 8.13. The lowest BCUT2D eigenvalue weighted by Crippen LogP contribution is -1.94. The van der Waals surface area contributed by atoms with Crippen molar-refractivity contribution in [2.45, 2.75) is 77.9 Å². The Morgan fingerprint density at radius 2 is 1.10 bits per heavy atom.